The Kier molecular flexibility index (Phi) is 6.79. The van der Waals surface area contributed by atoms with Crippen molar-refractivity contribution in [1.82, 2.24) is 15.1 Å². The number of hydrogen-bond acceptors (Lipinski definition) is 3. The average Bonchev–Trinajstić information content (AvgIpc) is 3.15. The Morgan fingerprint density at radius 1 is 1.00 bits per heavy atom. The third kappa shape index (κ3) is 5.54. The third-order valence-corrected chi connectivity index (χ3v) is 4.77. The van der Waals surface area contributed by atoms with Gasteiger partial charge in [-0.25, -0.2) is 4.68 Å². The van der Waals surface area contributed by atoms with Crippen LogP contribution < -0.4 is 10.6 Å². The van der Waals surface area contributed by atoms with Gasteiger partial charge in [0.05, 0.1) is 12.7 Å². The molecule has 0 aliphatic rings. The number of aromatic nitrogens is 2. The summed E-state index contributed by atoms with van der Waals surface area (Å²) in [6.45, 7) is 4.86. The number of carbonyl (C=O) groups excluding carboxylic acids is 2. The van der Waals surface area contributed by atoms with Crippen LogP contribution in [0.4, 0.5) is 5.82 Å². The maximum absolute atomic E-state index is 12.3. The fourth-order valence-electron chi connectivity index (χ4n) is 3.04. The molecule has 0 fully saturated rings. The molecule has 0 aliphatic carbocycles. The van der Waals surface area contributed by atoms with E-state index < -0.39 is 0 Å². The molecule has 29 heavy (non-hydrogen) atoms. The molecule has 0 saturated heterocycles. The zero-order valence-electron chi connectivity index (χ0n) is 16.8. The van der Waals surface area contributed by atoms with Crippen LogP contribution in [0.15, 0.2) is 60.8 Å². The molecule has 150 valence electrons. The van der Waals surface area contributed by atoms with Crippen LogP contribution in [0.3, 0.4) is 0 Å². The molecule has 3 rings (SSSR count). The summed E-state index contributed by atoms with van der Waals surface area (Å²) in [6, 6.07) is 17.5. The summed E-state index contributed by atoms with van der Waals surface area (Å²) in [4.78, 5) is 24.5. The lowest BCUT2D eigenvalue weighted by Gasteiger charge is -2.10. The van der Waals surface area contributed by atoms with Gasteiger partial charge >= 0.3 is 0 Å². The minimum absolute atomic E-state index is 0.168. The highest BCUT2D eigenvalue weighted by atomic mass is 16.2. The van der Waals surface area contributed by atoms with Gasteiger partial charge in [-0.05, 0) is 36.1 Å². The average molecular weight is 390 g/mol. The molecule has 2 aromatic carbocycles. The summed E-state index contributed by atoms with van der Waals surface area (Å²) in [5, 5.41) is 9.96. The lowest BCUT2D eigenvalue weighted by molar-refractivity contribution is -0.116. The number of benzene rings is 2. The van der Waals surface area contributed by atoms with Crippen LogP contribution in [0.25, 0.3) is 0 Å². The van der Waals surface area contributed by atoms with Gasteiger partial charge in [0, 0.05) is 24.6 Å². The van der Waals surface area contributed by atoms with Crippen molar-refractivity contribution in [1.29, 1.82) is 0 Å². The molecule has 2 amide bonds. The summed E-state index contributed by atoms with van der Waals surface area (Å²) >= 11 is 0. The van der Waals surface area contributed by atoms with Crippen molar-refractivity contribution in [3.8, 4) is 0 Å². The Hall–Kier alpha value is -3.41. The van der Waals surface area contributed by atoms with E-state index in [9.17, 15) is 9.59 Å². The number of nitrogens with zero attached hydrogens (tertiary/aromatic N) is 2. The van der Waals surface area contributed by atoms with Crippen molar-refractivity contribution < 1.29 is 9.59 Å². The molecule has 0 saturated carbocycles. The molecule has 0 spiro atoms. The normalized spacial score (nSPS) is 10.6. The number of nitrogens with one attached hydrogen (secondary N) is 2. The molecular weight excluding hydrogens is 364 g/mol. The Morgan fingerprint density at radius 2 is 1.72 bits per heavy atom. The first-order chi connectivity index (χ1) is 14.1. The van der Waals surface area contributed by atoms with E-state index in [1.807, 2.05) is 25.1 Å². The first kappa shape index (κ1) is 20.3. The van der Waals surface area contributed by atoms with Crippen LogP contribution in [-0.4, -0.2) is 28.1 Å². The van der Waals surface area contributed by atoms with E-state index in [1.54, 1.807) is 23.0 Å². The highest BCUT2D eigenvalue weighted by Gasteiger charge is 2.11. The van der Waals surface area contributed by atoms with Gasteiger partial charge in [0.2, 0.25) is 5.91 Å². The van der Waals surface area contributed by atoms with Crippen molar-refractivity contribution in [3.05, 3.63) is 83.0 Å². The van der Waals surface area contributed by atoms with E-state index in [0.717, 1.165) is 17.5 Å². The van der Waals surface area contributed by atoms with Gasteiger partial charge < -0.3 is 10.6 Å². The monoisotopic (exact) mass is 390 g/mol. The number of hydrogen-bond donors (Lipinski definition) is 2. The lowest BCUT2D eigenvalue weighted by Crippen LogP contribution is -2.28. The number of aryl methyl sites for hydroxylation is 2. The smallest absolute Gasteiger partial charge is 0.251 e. The summed E-state index contributed by atoms with van der Waals surface area (Å²) in [5.74, 6) is 0.300. The maximum Gasteiger partial charge on any atom is 0.251 e. The zero-order valence-corrected chi connectivity index (χ0v) is 16.8. The van der Waals surface area contributed by atoms with Gasteiger partial charge in [-0.15, -0.1) is 0 Å². The van der Waals surface area contributed by atoms with E-state index in [0.29, 0.717) is 17.9 Å². The quantitative estimate of drug-likeness (QED) is 0.617. The van der Waals surface area contributed by atoms with Crippen LogP contribution in [0.1, 0.15) is 40.4 Å². The number of carbonyl (C=O) groups is 2. The summed E-state index contributed by atoms with van der Waals surface area (Å²) in [7, 11) is 0. The number of anilines is 1. The number of rotatable bonds is 8. The molecule has 0 radical (unpaired) electrons. The van der Waals surface area contributed by atoms with E-state index in [-0.39, 0.29) is 24.8 Å². The topological polar surface area (TPSA) is 76.0 Å². The van der Waals surface area contributed by atoms with Gasteiger partial charge in [0.15, 0.2) is 0 Å². The molecule has 6 nitrogen and oxygen atoms in total. The minimum atomic E-state index is -0.170. The van der Waals surface area contributed by atoms with Gasteiger partial charge in [-0.2, -0.15) is 5.10 Å². The van der Waals surface area contributed by atoms with E-state index in [4.69, 9.17) is 0 Å². The first-order valence-electron chi connectivity index (χ1n) is 9.80. The summed E-state index contributed by atoms with van der Waals surface area (Å²) in [5.41, 5.74) is 3.94. The fraction of sp³-hybridized carbons (Fsp3) is 0.261. The Labute approximate surface area is 170 Å². The van der Waals surface area contributed by atoms with E-state index in [1.165, 1.54) is 5.56 Å². The van der Waals surface area contributed by atoms with Crippen LogP contribution in [-0.2, 0) is 17.8 Å². The second-order valence-electron chi connectivity index (χ2n) is 6.91. The molecule has 0 bridgehead atoms. The van der Waals surface area contributed by atoms with Crippen molar-refractivity contribution in [2.75, 3.05) is 11.9 Å². The molecule has 1 heterocycles. The second kappa shape index (κ2) is 9.68. The van der Waals surface area contributed by atoms with Gasteiger partial charge in [-0.3, -0.25) is 9.59 Å². The third-order valence-electron chi connectivity index (χ3n) is 4.77. The largest absolute Gasteiger partial charge is 0.352 e. The molecule has 1 aromatic heterocycles. The Morgan fingerprint density at radius 3 is 2.45 bits per heavy atom. The van der Waals surface area contributed by atoms with Crippen LogP contribution in [0.5, 0.6) is 0 Å². The summed E-state index contributed by atoms with van der Waals surface area (Å²) in [6.07, 6.45) is 2.85. The van der Waals surface area contributed by atoms with Crippen molar-refractivity contribution in [2.45, 2.75) is 33.2 Å². The molecular formula is C23H26N4O2. The molecule has 0 atom stereocenters. The Bertz CT molecular complexity index is 977. The molecule has 0 unspecified atom stereocenters. The van der Waals surface area contributed by atoms with Crippen molar-refractivity contribution in [3.63, 3.8) is 0 Å². The van der Waals surface area contributed by atoms with Crippen molar-refractivity contribution >= 4 is 17.6 Å². The molecule has 0 aliphatic heterocycles. The molecule has 6 heteroatoms. The lowest BCUT2D eigenvalue weighted by atomic mass is 10.1. The predicted molar refractivity (Wildman–Crippen MR) is 114 cm³/mol. The fourth-order valence-corrected chi connectivity index (χ4v) is 3.04. The van der Waals surface area contributed by atoms with Crippen LogP contribution in [0.2, 0.25) is 0 Å². The van der Waals surface area contributed by atoms with Gasteiger partial charge in [-0.1, -0.05) is 49.4 Å². The predicted octanol–water partition coefficient (Wildman–Crippen LogP) is 3.56. The SMILES string of the molecule is CCc1ccc(Cn2nccc2NC(=O)CCNC(=O)c2ccccc2C)cc1. The number of amides is 2. The van der Waals surface area contributed by atoms with Gasteiger partial charge in [0.1, 0.15) is 5.82 Å². The summed E-state index contributed by atoms with van der Waals surface area (Å²) < 4.78 is 1.75. The van der Waals surface area contributed by atoms with E-state index in [2.05, 4.69) is 46.9 Å². The molecule has 2 N–H and O–H groups in total. The standard InChI is InChI=1S/C23H26N4O2/c1-3-18-8-10-19(11-9-18)16-27-21(12-15-25-27)26-22(28)13-14-24-23(29)20-7-5-4-6-17(20)2/h4-12,15H,3,13-14,16H2,1-2H3,(H,24,29)(H,26,28). The van der Waals surface area contributed by atoms with Crippen LogP contribution >= 0.6 is 0 Å². The highest BCUT2D eigenvalue weighted by Crippen LogP contribution is 2.12. The second-order valence-corrected chi connectivity index (χ2v) is 6.91. The highest BCUT2D eigenvalue weighted by molar-refractivity contribution is 5.96. The van der Waals surface area contributed by atoms with E-state index >= 15 is 0 Å². The Balaban J connectivity index is 1.50. The zero-order chi connectivity index (χ0) is 20.6. The van der Waals surface area contributed by atoms with Crippen LogP contribution in [0, 0.1) is 6.92 Å². The minimum Gasteiger partial charge on any atom is -0.352 e. The maximum atomic E-state index is 12.3. The molecule has 3 aromatic rings. The first-order valence-corrected chi connectivity index (χ1v) is 9.80. The van der Waals surface area contributed by atoms with Gasteiger partial charge in [0.25, 0.3) is 5.91 Å². The van der Waals surface area contributed by atoms with Crippen molar-refractivity contribution in [2.24, 2.45) is 0 Å².